The van der Waals surface area contributed by atoms with E-state index in [9.17, 15) is 9.59 Å². The predicted octanol–water partition coefficient (Wildman–Crippen LogP) is 3.29. The Hall–Kier alpha value is -2.31. The lowest BCUT2D eigenvalue weighted by atomic mass is 10.1. The van der Waals surface area contributed by atoms with E-state index in [1.54, 1.807) is 29.0 Å². The number of rotatable bonds is 6. The van der Waals surface area contributed by atoms with E-state index in [1.165, 1.54) is 13.0 Å². The molecule has 1 amide bonds. The van der Waals surface area contributed by atoms with Gasteiger partial charge in [0.25, 0.3) is 5.91 Å². The van der Waals surface area contributed by atoms with Gasteiger partial charge in [0.05, 0.1) is 12.2 Å². The first-order chi connectivity index (χ1) is 12.2. The summed E-state index contributed by atoms with van der Waals surface area (Å²) in [7, 11) is 0. The van der Waals surface area contributed by atoms with Crippen LogP contribution in [0.25, 0.3) is 6.08 Å². The number of amides is 1. The number of aromatic nitrogens is 2. The third kappa shape index (κ3) is 4.65. The average Bonchev–Trinajstić information content (AvgIpc) is 2.82. The van der Waals surface area contributed by atoms with Crippen LogP contribution in [0.4, 0.5) is 0 Å². The fourth-order valence-electron chi connectivity index (χ4n) is 2.36. The third-order valence-corrected chi connectivity index (χ3v) is 4.59. The van der Waals surface area contributed by atoms with E-state index in [4.69, 9.17) is 33.7 Å². The van der Waals surface area contributed by atoms with Crippen molar-refractivity contribution in [2.24, 2.45) is 5.73 Å². The molecular weight excluding hydrogens is 377 g/mol. The molecule has 0 aliphatic rings. The topological polar surface area (TPSA) is 87.2 Å². The molecule has 2 rings (SSSR count). The van der Waals surface area contributed by atoms with Crippen LogP contribution in [-0.4, -0.2) is 27.8 Å². The van der Waals surface area contributed by atoms with Crippen LogP contribution in [0.3, 0.4) is 0 Å². The van der Waals surface area contributed by atoms with Gasteiger partial charge in [-0.1, -0.05) is 29.3 Å². The van der Waals surface area contributed by atoms with E-state index < -0.39 is 18.0 Å². The standard InChI is InChI=1S/C18H19Cl2N3O3/c1-10-13(7-8-17(24)26-12(3)18(21)25)11(2)23(22-10)9-14-15(19)5-4-6-16(14)20/h4-8,12H,9H2,1-3H3,(H2,21,25)/b8-7+. The predicted molar refractivity (Wildman–Crippen MR) is 101 cm³/mol. The van der Waals surface area contributed by atoms with E-state index in [-0.39, 0.29) is 0 Å². The highest BCUT2D eigenvalue weighted by Crippen LogP contribution is 2.26. The molecule has 1 aromatic carbocycles. The summed E-state index contributed by atoms with van der Waals surface area (Å²) in [5, 5.41) is 5.60. The zero-order valence-corrected chi connectivity index (χ0v) is 16.1. The molecule has 0 aliphatic carbocycles. The Bertz CT molecular complexity index is 855. The van der Waals surface area contributed by atoms with Crippen LogP contribution in [0.15, 0.2) is 24.3 Å². The van der Waals surface area contributed by atoms with Gasteiger partial charge in [-0.25, -0.2) is 4.79 Å². The lowest BCUT2D eigenvalue weighted by Crippen LogP contribution is -2.29. The highest BCUT2D eigenvalue weighted by Gasteiger charge is 2.15. The van der Waals surface area contributed by atoms with Gasteiger partial charge in [-0.3, -0.25) is 9.48 Å². The second-order valence-corrected chi connectivity index (χ2v) is 6.57. The van der Waals surface area contributed by atoms with Gasteiger partial charge < -0.3 is 10.5 Å². The zero-order valence-electron chi connectivity index (χ0n) is 14.6. The minimum absolute atomic E-state index is 0.405. The lowest BCUT2D eigenvalue weighted by Gasteiger charge is -2.09. The second-order valence-electron chi connectivity index (χ2n) is 5.76. The maximum Gasteiger partial charge on any atom is 0.331 e. The quantitative estimate of drug-likeness (QED) is 0.600. The summed E-state index contributed by atoms with van der Waals surface area (Å²) in [6.45, 7) is 5.52. The molecule has 8 heteroatoms. The average molecular weight is 396 g/mol. The summed E-state index contributed by atoms with van der Waals surface area (Å²) in [5.74, 6) is -1.36. The van der Waals surface area contributed by atoms with Crippen LogP contribution in [0.2, 0.25) is 10.0 Å². The highest BCUT2D eigenvalue weighted by molar-refractivity contribution is 6.35. The van der Waals surface area contributed by atoms with Gasteiger partial charge in [-0.05, 0) is 39.0 Å². The van der Waals surface area contributed by atoms with Gasteiger partial charge in [-0.2, -0.15) is 5.10 Å². The van der Waals surface area contributed by atoms with E-state index >= 15 is 0 Å². The molecule has 0 saturated heterocycles. The number of nitrogens with zero attached hydrogens (tertiary/aromatic N) is 2. The van der Waals surface area contributed by atoms with Gasteiger partial charge in [0, 0.05) is 32.9 Å². The molecule has 0 radical (unpaired) electrons. The number of carbonyl (C=O) groups excluding carboxylic acids is 2. The molecule has 2 aromatic rings. The van der Waals surface area contributed by atoms with Gasteiger partial charge >= 0.3 is 5.97 Å². The summed E-state index contributed by atoms with van der Waals surface area (Å²) >= 11 is 12.4. The summed E-state index contributed by atoms with van der Waals surface area (Å²) < 4.78 is 6.65. The third-order valence-electron chi connectivity index (χ3n) is 3.89. The Labute approximate surface area is 161 Å². The number of halogens is 2. The zero-order chi connectivity index (χ0) is 19.4. The van der Waals surface area contributed by atoms with Crippen LogP contribution >= 0.6 is 23.2 Å². The van der Waals surface area contributed by atoms with E-state index in [2.05, 4.69) is 5.10 Å². The van der Waals surface area contributed by atoms with E-state index in [0.29, 0.717) is 16.6 Å². The fraction of sp³-hybridized carbons (Fsp3) is 0.278. The highest BCUT2D eigenvalue weighted by atomic mass is 35.5. The van der Waals surface area contributed by atoms with Gasteiger partial charge in [0.2, 0.25) is 0 Å². The fourth-order valence-corrected chi connectivity index (χ4v) is 2.88. The second kappa shape index (κ2) is 8.38. The Morgan fingerprint density at radius 3 is 2.50 bits per heavy atom. The Kier molecular flexibility index (Phi) is 6.45. The van der Waals surface area contributed by atoms with Crippen LogP contribution in [0.5, 0.6) is 0 Å². The number of benzene rings is 1. The molecule has 0 saturated carbocycles. The molecule has 1 heterocycles. The van der Waals surface area contributed by atoms with Gasteiger partial charge in [0.15, 0.2) is 6.10 Å². The van der Waals surface area contributed by atoms with Crippen molar-refractivity contribution in [2.75, 3.05) is 0 Å². The van der Waals surface area contributed by atoms with Crippen LogP contribution in [-0.2, 0) is 20.9 Å². The van der Waals surface area contributed by atoms with Crippen molar-refractivity contribution in [3.05, 3.63) is 56.8 Å². The molecule has 26 heavy (non-hydrogen) atoms. The van der Waals surface area contributed by atoms with E-state index in [1.807, 2.05) is 13.8 Å². The van der Waals surface area contributed by atoms with Crippen molar-refractivity contribution >= 4 is 41.2 Å². The SMILES string of the molecule is Cc1nn(Cc2c(Cl)cccc2Cl)c(C)c1/C=C/C(=O)OC(C)C(N)=O. The molecule has 0 aliphatic heterocycles. The first-order valence-electron chi connectivity index (χ1n) is 7.85. The number of hydrogen-bond donors (Lipinski definition) is 1. The number of ether oxygens (including phenoxy) is 1. The molecular formula is C18H19Cl2N3O3. The van der Waals surface area contributed by atoms with Gasteiger partial charge in [-0.15, -0.1) is 0 Å². The molecule has 138 valence electrons. The molecule has 1 unspecified atom stereocenters. The maximum absolute atomic E-state index is 11.8. The van der Waals surface area contributed by atoms with Crippen molar-refractivity contribution in [2.45, 2.75) is 33.4 Å². The van der Waals surface area contributed by atoms with E-state index in [0.717, 1.165) is 22.5 Å². The number of aryl methyl sites for hydroxylation is 1. The van der Waals surface area contributed by atoms with Crippen LogP contribution < -0.4 is 5.73 Å². The van der Waals surface area contributed by atoms with Crippen LogP contribution in [0, 0.1) is 13.8 Å². The Morgan fingerprint density at radius 2 is 1.92 bits per heavy atom. The number of primary amides is 1. The molecule has 0 spiro atoms. The van der Waals surface area contributed by atoms with Crippen molar-refractivity contribution in [1.82, 2.24) is 9.78 Å². The minimum atomic E-state index is -0.987. The lowest BCUT2D eigenvalue weighted by molar-refractivity contribution is -0.148. The minimum Gasteiger partial charge on any atom is -0.449 e. The maximum atomic E-state index is 11.8. The largest absolute Gasteiger partial charge is 0.449 e. The van der Waals surface area contributed by atoms with Crippen LogP contribution in [0.1, 0.15) is 29.4 Å². The van der Waals surface area contributed by atoms with Crippen molar-refractivity contribution in [3.8, 4) is 0 Å². The van der Waals surface area contributed by atoms with Crippen molar-refractivity contribution in [3.63, 3.8) is 0 Å². The summed E-state index contributed by atoms with van der Waals surface area (Å²) in [4.78, 5) is 22.7. The molecule has 6 nitrogen and oxygen atoms in total. The number of carbonyl (C=O) groups is 2. The summed E-state index contributed by atoms with van der Waals surface area (Å²) in [6.07, 6.45) is 1.85. The van der Waals surface area contributed by atoms with Crippen molar-refractivity contribution in [1.29, 1.82) is 0 Å². The molecule has 2 N–H and O–H groups in total. The summed E-state index contributed by atoms with van der Waals surface area (Å²) in [5.41, 5.74) is 8.18. The first kappa shape index (κ1) is 20.0. The molecule has 0 bridgehead atoms. The monoisotopic (exact) mass is 395 g/mol. The molecule has 1 aromatic heterocycles. The Balaban J connectivity index is 2.21. The smallest absolute Gasteiger partial charge is 0.331 e. The van der Waals surface area contributed by atoms with Gasteiger partial charge in [0.1, 0.15) is 0 Å². The first-order valence-corrected chi connectivity index (χ1v) is 8.61. The number of nitrogens with two attached hydrogens (primary N) is 1. The molecule has 1 atom stereocenters. The Morgan fingerprint density at radius 1 is 1.31 bits per heavy atom. The number of hydrogen-bond acceptors (Lipinski definition) is 4. The van der Waals surface area contributed by atoms with Crippen molar-refractivity contribution < 1.29 is 14.3 Å². The number of esters is 1. The normalized spacial score (nSPS) is 12.3. The summed E-state index contributed by atoms with van der Waals surface area (Å²) in [6, 6.07) is 5.32. The molecule has 0 fully saturated rings.